The summed E-state index contributed by atoms with van der Waals surface area (Å²) in [5, 5.41) is 0. The van der Waals surface area contributed by atoms with Crippen LogP contribution < -0.4 is 0 Å². The highest BCUT2D eigenvalue weighted by Crippen LogP contribution is 2.43. The Bertz CT molecular complexity index is 789. The SMILES string of the molecule is CCCCCCCCCCCCCCCCCC(=O)OC[C@@H](COP(=O)(O)OCC[N+](C)(C)C)OC(=O)CCCCCCCCCC. The van der Waals surface area contributed by atoms with E-state index >= 15 is 0 Å². The first kappa shape index (κ1) is 46.0. The Labute approximate surface area is 289 Å². The molecule has 0 aromatic carbocycles. The molecule has 0 spiro atoms. The number of hydrogen-bond acceptors (Lipinski definition) is 7. The maximum Gasteiger partial charge on any atom is 0.472 e. The molecule has 0 heterocycles. The molecule has 0 aliphatic rings. The molecule has 0 aliphatic heterocycles. The summed E-state index contributed by atoms with van der Waals surface area (Å²) in [5.74, 6) is -0.794. The van der Waals surface area contributed by atoms with E-state index in [9.17, 15) is 19.0 Å². The first-order valence-electron chi connectivity index (χ1n) is 19.3. The van der Waals surface area contributed by atoms with E-state index in [1.165, 1.54) is 109 Å². The Kier molecular flexibility index (Phi) is 30.4. The molecule has 10 heteroatoms. The molecule has 0 aromatic rings. The Hall–Kier alpha value is -0.990. The first-order chi connectivity index (χ1) is 22.5. The van der Waals surface area contributed by atoms with Gasteiger partial charge in [0.05, 0.1) is 27.7 Å². The number of nitrogens with zero attached hydrogens (tertiary/aromatic N) is 1. The van der Waals surface area contributed by atoms with Crippen LogP contribution in [0.1, 0.15) is 174 Å². The number of carbonyl (C=O) groups excluding carboxylic acids is 2. The van der Waals surface area contributed by atoms with Crippen molar-refractivity contribution in [1.29, 1.82) is 0 Å². The summed E-state index contributed by atoms with van der Waals surface area (Å²) in [4.78, 5) is 35.0. The molecule has 0 saturated heterocycles. The molecule has 2 atom stereocenters. The van der Waals surface area contributed by atoms with E-state index in [1.54, 1.807) is 0 Å². The number of quaternary nitrogens is 1. The Morgan fingerprint density at radius 2 is 0.957 bits per heavy atom. The minimum absolute atomic E-state index is 0.0361. The molecule has 0 bridgehead atoms. The standard InChI is InChI=1S/C37H74NO8P/c1-6-8-10-12-14-16-17-18-19-20-21-22-24-25-27-29-36(39)43-33-35(34-45-47(41,42)44-32-31-38(3,4)5)46-37(40)30-28-26-23-15-13-11-9-7-2/h35H,6-34H2,1-5H3/p+1/t35-/m0/s1. The van der Waals surface area contributed by atoms with Crippen molar-refractivity contribution in [3.63, 3.8) is 0 Å². The lowest BCUT2D eigenvalue weighted by molar-refractivity contribution is -0.870. The van der Waals surface area contributed by atoms with Crippen LogP contribution in [0.2, 0.25) is 0 Å². The topological polar surface area (TPSA) is 108 Å². The molecule has 0 amide bonds. The van der Waals surface area contributed by atoms with Crippen LogP contribution in [0.4, 0.5) is 0 Å². The molecule has 0 aromatic heterocycles. The van der Waals surface area contributed by atoms with Crippen LogP contribution >= 0.6 is 7.82 Å². The fraction of sp³-hybridized carbons (Fsp3) is 0.946. The summed E-state index contributed by atoms with van der Waals surface area (Å²) < 4.78 is 34.1. The van der Waals surface area contributed by atoms with Crippen molar-refractivity contribution in [1.82, 2.24) is 0 Å². The maximum absolute atomic E-state index is 12.5. The lowest BCUT2D eigenvalue weighted by atomic mass is 10.0. The lowest BCUT2D eigenvalue weighted by Gasteiger charge is -2.24. The highest BCUT2D eigenvalue weighted by atomic mass is 31.2. The molecule has 9 nitrogen and oxygen atoms in total. The van der Waals surface area contributed by atoms with E-state index in [-0.39, 0.29) is 25.6 Å². The van der Waals surface area contributed by atoms with Gasteiger partial charge in [0.25, 0.3) is 0 Å². The fourth-order valence-electron chi connectivity index (χ4n) is 5.31. The zero-order chi connectivity index (χ0) is 35.1. The minimum Gasteiger partial charge on any atom is -0.462 e. The van der Waals surface area contributed by atoms with E-state index in [1.807, 2.05) is 21.1 Å². The van der Waals surface area contributed by atoms with Gasteiger partial charge in [-0.15, -0.1) is 0 Å². The predicted octanol–water partition coefficient (Wildman–Crippen LogP) is 10.1. The summed E-state index contributed by atoms with van der Waals surface area (Å²) in [6.45, 7) is 4.39. The van der Waals surface area contributed by atoms with Gasteiger partial charge in [-0.25, -0.2) is 4.57 Å². The number of hydrogen-bond donors (Lipinski definition) is 1. The summed E-state index contributed by atoms with van der Waals surface area (Å²) in [7, 11) is 1.49. The number of phosphoric acid groups is 1. The number of likely N-dealkylation sites (N-methyl/N-ethyl adjacent to an activating group) is 1. The predicted molar refractivity (Wildman–Crippen MR) is 192 cm³/mol. The summed E-state index contributed by atoms with van der Waals surface area (Å²) in [5.41, 5.74) is 0. The smallest absolute Gasteiger partial charge is 0.462 e. The van der Waals surface area contributed by atoms with Gasteiger partial charge < -0.3 is 18.9 Å². The van der Waals surface area contributed by atoms with Gasteiger partial charge in [-0.05, 0) is 12.8 Å². The lowest BCUT2D eigenvalue weighted by Crippen LogP contribution is -2.37. The van der Waals surface area contributed by atoms with Crippen molar-refractivity contribution in [3.05, 3.63) is 0 Å². The molecule has 47 heavy (non-hydrogen) atoms. The zero-order valence-corrected chi connectivity index (χ0v) is 32.2. The van der Waals surface area contributed by atoms with Crippen molar-refractivity contribution in [3.8, 4) is 0 Å². The van der Waals surface area contributed by atoms with Crippen molar-refractivity contribution in [2.75, 3.05) is 47.5 Å². The number of carbonyl (C=O) groups is 2. The van der Waals surface area contributed by atoms with Crippen LogP contribution in [0.5, 0.6) is 0 Å². The van der Waals surface area contributed by atoms with Gasteiger partial charge in [-0.3, -0.25) is 18.6 Å². The highest BCUT2D eigenvalue weighted by Gasteiger charge is 2.27. The second kappa shape index (κ2) is 31.0. The summed E-state index contributed by atoms with van der Waals surface area (Å²) >= 11 is 0. The second-order valence-corrected chi connectivity index (χ2v) is 15.8. The molecule has 1 unspecified atom stereocenters. The van der Waals surface area contributed by atoms with E-state index in [0.717, 1.165) is 32.1 Å². The van der Waals surface area contributed by atoms with Crippen LogP contribution in [0.25, 0.3) is 0 Å². The van der Waals surface area contributed by atoms with Crippen LogP contribution in [0, 0.1) is 0 Å². The van der Waals surface area contributed by atoms with E-state index < -0.39 is 26.5 Å². The second-order valence-electron chi connectivity index (χ2n) is 14.3. The third-order valence-corrected chi connectivity index (χ3v) is 9.37. The van der Waals surface area contributed by atoms with Crippen LogP contribution in [0.3, 0.4) is 0 Å². The van der Waals surface area contributed by atoms with Crippen molar-refractivity contribution < 1.29 is 42.1 Å². The van der Waals surface area contributed by atoms with Crippen molar-refractivity contribution >= 4 is 19.8 Å². The Morgan fingerprint density at radius 1 is 0.574 bits per heavy atom. The van der Waals surface area contributed by atoms with Crippen molar-refractivity contribution in [2.24, 2.45) is 0 Å². The molecule has 280 valence electrons. The number of phosphoric ester groups is 1. The van der Waals surface area contributed by atoms with Gasteiger partial charge in [0, 0.05) is 12.8 Å². The zero-order valence-electron chi connectivity index (χ0n) is 31.3. The molecule has 0 rings (SSSR count). The quantitative estimate of drug-likeness (QED) is 0.0303. The van der Waals surface area contributed by atoms with Gasteiger partial charge in [-0.2, -0.15) is 0 Å². The normalized spacial score (nSPS) is 13.7. The summed E-state index contributed by atoms with van der Waals surface area (Å²) in [6, 6.07) is 0. The molecule has 0 saturated carbocycles. The largest absolute Gasteiger partial charge is 0.472 e. The van der Waals surface area contributed by atoms with Gasteiger partial charge >= 0.3 is 19.8 Å². The Morgan fingerprint density at radius 3 is 1.36 bits per heavy atom. The third kappa shape index (κ3) is 34.7. The Balaban J connectivity index is 4.33. The third-order valence-electron chi connectivity index (χ3n) is 8.39. The van der Waals surface area contributed by atoms with Gasteiger partial charge in [-0.1, -0.05) is 149 Å². The van der Waals surface area contributed by atoms with Crippen LogP contribution in [-0.4, -0.2) is 74.9 Å². The monoisotopic (exact) mass is 693 g/mol. The summed E-state index contributed by atoms with van der Waals surface area (Å²) in [6.07, 6.45) is 27.3. The minimum atomic E-state index is -4.35. The van der Waals surface area contributed by atoms with E-state index in [4.69, 9.17) is 18.5 Å². The maximum atomic E-state index is 12.5. The number of rotatable bonds is 35. The number of esters is 2. The van der Waals surface area contributed by atoms with Crippen molar-refractivity contribution in [2.45, 2.75) is 180 Å². The molecule has 0 fully saturated rings. The molecule has 0 aliphatic carbocycles. The molecule has 0 radical (unpaired) electrons. The number of unbranched alkanes of at least 4 members (excludes halogenated alkanes) is 21. The molecular formula is C37H75NO8P+. The average Bonchev–Trinajstić information content (AvgIpc) is 3.01. The van der Waals surface area contributed by atoms with Crippen LogP contribution in [-0.2, 0) is 32.7 Å². The fourth-order valence-corrected chi connectivity index (χ4v) is 6.05. The molecule has 1 N–H and O–H groups in total. The van der Waals surface area contributed by atoms with Crippen LogP contribution in [0.15, 0.2) is 0 Å². The van der Waals surface area contributed by atoms with E-state index in [2.05, 4.69) is 13.8 Å². The van der Waals surface area contributed by atoms with Gasteiger partial charge in [0.2, 0.25) is 0 Å². The first-order valence-corrected chi connectivity index (χ1v) is 20.8. The van der Waals surface area contributed by atoms with E-state index in [0.29, 0.717) is 23.9 Å². The van der Waals surface area contributed by atoms with Gasteiger partial charge in [0.15, 0.2) is 6.10 Å². The highest BCUT2D eigenvalue weighted by molar-refractivity contribution is 7.47. The molecular weight excluding hydrogens is 617 g/mol. The number of ether oxygens (including phenoxy) is 2. The van der Waals surface area contributed by atoms with Gasteiger partial charge in [0.1, 0.15) is 19.8 Å². The average molecular weight is 693 g/mol.